The molecule has 0 N–H and O–H groups in total. The maximum atomic E-state index is 12.6. The Labute approximate surface area is 163 Å². The van der Waals surface area contributed by atoms with E-state index in [2.05, 4.69) is 15.9 Å². The summed E-state index contributed by atoms with van der Waals surface area (Å²) in [5.41, 5.74) is 1.73. The number of hydrogen-bond acceptors (Lipinski definition) is 4. The lowest BCUT2D eigenvalue weighted by atomic mass is 10.1. The molecule has 2 aromatic rings. The van der Waals surface area contributed by atoms with Crippen molar-refractivity contribution in [1.82, 2.24) is 4.90 Å². The van der Waals surface area contributed by atoms with Gasteiger partial charge in [0, 0.05) is 5.02 Å². The van der Waals surface area contributed by atoms with Crippen molar-refractivity contribution in [1.29, 1.82) is 0 Å². The van der Waals surface area contributed by atoms with Crippen molar-refractivity contribution in [2.45, 2.75) is 18.2 Å². The van der Waals surface area contributed by atoms with Crippen LogP contribution in [0.5, 0.6) is 5.75 Å². The van der Waals surface area contributed by atoms with Crippen molar-refractivity contribution in [2.75, 3.05) is 7.11 Å². The molecule has 0 spiro atoms. The Bertz CT molecular complexity index is 830. The van der Waals surface area contributed by atoms with Crippen molar-refractivity contribution >= 4 is 50.4 Å². The van der Waals surface area contributed by atoms with E-state index in [1.54, 1.807) is 13.2 Å². The molecule has 4 nitrogen and oxygen atoms in total. The summed E-state index contributed by atoms with van der Waals surface area (Å²) in [5.74, 6) is 0.549. The van der Waals surface area contributed by atoms with Crippen LogP contribution >= 0.6 is 39.3 Å². The minimum atomic E-state index is -0.421. The van der Waals surface area contributed by atoms with Gasteiger partial charge < -0.3 is 4.74 Å². The number of methoxy groups -OCH3 is 1. The summed E-state index contributed by atoms with van der Waals surface area (Å²) in [6, 6.07) is 12.9. The molecule has 2 amide bonds. The maximum absolute atomic E-state index is 12.6. The van der Waals surface area contributed by atoms with Gasteiger partial charge in [-0.2, -0.15) is 0 Å². The van der Waals surface area contributed by atoms with Gasteiger partial charge in [-0.3, -0.25) is 14.5 Å². The number of ether oxygens (including phenoxy) is 1. The highest BCUT2D eigenvalue weighted by molar-refractivity contribution is 9.10. The first-order chi connectivity index (χ1) is 12.0. The maximum Gasteiger partial charge on any atom is 0.289 e. The number of halogens is 2. The van der Waals surface area contributed by atoms with Crippen molar-refractivity contribution in [3.63, 3.8) is 0 Å². The van der Waals surface area contributed by atoms with E-state index >= 15 is 0 Å². The fourth-order valence-electron chi connectivity index (χ4n) is 2.62. The van der Waals surface area contributed by atoms with E-state index in [0.29, 0.717) is 11.4 Å². The van der Waals surface area contributed by atoms with Gasteiger partial charge in [0.05, 0.1) is 23.4 Å². The van der Waals surface area contributed by atoms with Crippen molar-refractivity contribution < 1.29 is 14.3 Å². The molecular weight excluding hydrogens is 426 g/mol. The average Bonchev–Trinajstić information content (AvgIpc) is 2.84. The summed E-state index contributed by atoms with van der Waals surface area (Å²) >= 11 is 10.6. The Morgan fingerprint density at radius 2 is 2.00 bits per heavy atom. The van der Waals surface area contributed by atoms with Crippen LogP contribution in [0.1, 0.15) is 11.1 Å². The highest BCUT2D eigenvalue weighted by Gasteiger charge is 2.39. The van der Waals surface area contributed by atoms with Crippen LogP contribution < -0.4 is 4.74 Å². The Balaban J connectivity index is 1.73. The van der Waals surface area contributed by atoms with Crippen molar-refractivity contribution in [2.24, 2.45) is 0 Å². The van der Waals surface area contributed by atoms with Gasteiger partial charge in [-0.15, -0.1) is 0 Å². The molecule has 25 heavy (non-hydrogen) atoms. The number of hydrogen-bond donors (Lipinski definition) is 0. The van der Waals surface area contributed by atoms with Gasteiger partial charge in [0.2, 0.25) is 5.91 Å². The summed E-state index contributed by atoms with van der Waals surface area (Å²) in [7, 11) is 1.60. The van der Waals surface area contributed by atoms with E-state index in [9.17, 15) is 9.59 Å². The van der Waals surface area contributed by atoms with Crippen LogP contribution in [-0.4, -0.2) is 28.4 Å². The molecule has 1 fully saturated rings. The number of nitrogens with zero attached hydrogens (tertiary/aromatic N) is 1. The second-order valence-electron chi connectivity index (χ2n) is 5.56. The van der Waals surface area contributed by atoms with Crippen LogP contribution in [0.2, 0.25) is 5.02 Å². The van der Waals surface area contributed by atoms with Gasteiger partial charge in [0.25, 0.3) is 5.24 Å². The van der Waals surface area contributed by atoms with Gasteiger partial charge in [-0.05, 0) is 51.7 Å². The first-order valence-electron chi connectivity index (χ1n) is 7.57. The highest BCUT2D eigenvalue weighted by atomic mass is 79.9. The zero-order valence-corrected chi connectivity index (χ0v) is 16.5. The number of benzene rings is 2. The van der Waals surface area contributed by atoms with Crippen LogP contribution in [0.4, 0.5) is 4.79 Å². The molecule has 7 heteroatoms. The molecular formula is C18H15BrClNO3S. The molecule has 2 aromatic carbocycles. The quantitative estimate of drug-likeness (QED) is 0.662. The standard InChI is InChI=1S/C18H15BrClNO3S/c1-24-15-7-6-11(8-13(15)19)9-16-17(22)21(18(23)25-16)10-12-4-2-3-5-14(12)20/h2-8,16H,9-10H2,1H3/t16-/m0/s1. The summed E-state index contributed by atoms with van der Waals surface area (Å²) in [4.78, 5) is 26.2. The predicted molar refractivity (Wildman–Crippen MR) is 103 cm³/mol. The molecule has 1 atom stereocenters. The molecule has 0 radical (unpaired) electrons. The minimum absolute atomic E-state index is 0.179. The third kappa shape index (κ3) is 4.02. The van der Waals surface area contributed by atoms with Gasteiger partial charge in [-0.25, -0.2) is 0 Å². The number of carbonyl (C=O) groups is 2. The number of amides is 2. The van der Waals surface area contributed by atoms with Crippen molar-refractivity contribution in [3.8, 4) is 5.75 Å². The highest BCUT2D eigenvalue weighted by Crippen LogP contribution is 2.33. The first-order valence-corrected chi connectivity index (χ1v) is 9.62. The number of rotatable bonds is 5. The minimum Gasteiger partial charge on any atom is -0.496 e. The third-order valence-corrected chi connectivity index (χ3v) is 5.99. The summed E-state index contributed by atoms with van der Waals surface area (Å²) < 4.78 is 6.03. The molecule has 0 aliphatic carbocycles. The van der Waals surface area contributed by atoms with Crippen LogP contribution in [-0.2, 0) is 17.8 Å². The fraction of sp³-hybridized carbons (Fsp3) is 0.222. The van der Waals surface area contributed by atoms with E-state index < -0.39 is 5.25 Å². The normalized spacial score (nSPS) is 17.2. The molecule has 0 aromatic heterocycles. The van der Waals surface area contributed by atoms with Crippen LogP contribution in [0.15, 0.2) is 46.9 Å². The molecule has 1 saturated heterocycles. The molecule has 3 rings (SSSR count). The number of carbonyl (C=O) groups excluding carboxylic acids is 2. The third-order valence-electron chi connectivity index (χ3n) is 3.93. The summed E-state index contributed by atoms with van der Waals surface area (Å²) in [6.45, 7) is 0.202. The van der Waals surface area contributed by atoms with Crippen molar-refractivity contribution in [3.05, 3.63) is 63.1 Å². The Morgan fingerprint density at radius 3 is 2.68 bits per heavy atom. The fourth-order valence-corrected chi connectivity index (χ4v) is 4.43. The molecule has 0 bridgehead atoms. The second-order valence-corrected chi connectivity index (χ2v) is 7.98. The lowest BCUT2D eigenvalue weighted by molar-refractivity contribution is -0.127. The first kappa shape index (κ1) is 18.3. The lowest BCUT2D eigenvalue weighted by Gasteiger charge is -2.15. The largest absolute Gasteiger partial charge is 0.496 e. The molecule has 1 heterocycles. The molecule has 0 unspecified atom stereocenters. The van der Waals surface area contributed by atoms with Gasteiger partial charge in [0.1, 0.15) is 5.75 Å². The van der Waals surface area contributed by atoms with Gasteiger partial charge in [-0.1, -0.05) is 47.6 Å². The Morgan fingerprint density at radius 1 is 1.24 bits per heavy atom. The number of imide groups is 1. The Kier molecular flexibility index (Phi) is 5.71. The summed E-state index contributed by atoms with van der Waals surface area (Å²) in [6.07, 6.45) is 0.483. The van der Waals surface area contributed by atoms with Crippen LogP contribution in [0.25, 0.3) is 0 Å². The van der Waals surface area contributed by atoms with E-state index in [0.717, 1.165) is 33.1 Å². The monoisotopic (exact) mass is 439 g/mol. The topological polar surface area (TPSA) is 46.6 Å². The van der Waals surface area contributed by atoms with Gasteiger partial charge >= 0.3 is 0 Å². The van der Waals surface area contributed by atoms with Crippen LogP contribution in [0, 0.1) is 0 Å². The van der Waals surface area contributed by atoms with E-state index in [4.69, 9.17) is 16.3 Å². The molecule has 1 aliphatic heterocycles. The van der Waals surface area contributed by atoms with Crippen LogP contribution in [0.3, 0.4) is 0 Å². The molecule has 130 valence electrons. The van der Waals surface area contributed by atoms with E-state index in [1.807, 2.05) is 36.4 Å². The average molecular weight is 441 g/mol. The Hall–Kier alpha value is -1.50. The smallest absolute Gasteiger partial charge is 0.289 e. The lowest BCUT2D eigenvalue weighted by Crippen LogP contribution is -2.31. The van der Waals surface area contributed by atoms with Gasteiger partial charge in [0.15, 0.2) is 0 Å². The summed E-state index contributed by atoms with van der Waals surface area (Å²) in [5, 5.41) is -0.103. The van der Waals surface area contributed by atoms with E-state index in [-0.39, 0.29) is 17.7 Å². The zero-order valence-electron chi connectivity index (χ0n) is 13.4. The number of thioether (sulfide) groups is 1. The zero-order chi connectivity index (χ0) is 18.0. The predicted octanol–water partition coefficient (Wildman–Crippen LogP) is 4.92. The molecule has 1 aliphatic rings. The second kappa shape index (κ2) is 7.81. The SMILES string of the molecule is COc1ccc(C[C@@H]2SC(=O)N(Cc3ccccc3Cl)C2=O)cc1Br. The van der Waals surface area contributed by atoms with E-state index in [1.165, 1.54) is 4.90 Å². The molecule has 0 saturated carbocycles.